The number of nitrogens with zero attached hydrogens (tertiary/aromatic N) is 2. The van der Waals surface area contributed by atoms with Crippen molar-refractivity contribution in [1.82, 2.24) is 9.88 Å². The van der Waals surface area contributed by atoms with Gasteiger partial charge in [0.2, 0.25) is 0 Å². The quantitative estimate of drug-likeness (QED) is 0.947. The third kappa shape index (κ3) is 2.14. The molecule has 1 aliphatic heterocycles. The third-order valence-electron chi connectivity index (χ3n) is 6.26. The van der Waals surface area contributed by atoms with Crippen LogP contribution in [0.15, 0.2) is 48.8 Å². The Balaban J connectivity index is 1.39. The van der Waals surface area contributed by atoms with Gasteiger partial charge in [-0.2, -0.15) is 0 Å². The van der Waals surface area contributed by atoms with Crippen molar-refractivity contribution in [1.29, 1.82) is 0 Å². The van der Waals surface area contributed by atoms with Gasteiger partial charge in [-0.1, -0.05) is 24.3 Å². The van der Waals surface area contributed by atoms with E-state index < -0.39 is 0 Å². The van der Waals surface area contributed by atoms with Crippen molar-refractivity contribution in [2.75, 3.05) is 6.54 Å². The minimum atomic E-state index is -0.0970. The molecular weight excluding hydrogens is 284 g/mol. The lowest BCUT2D eigenvalue weighted by atomic mass is 9.88. The van der Waals surface area contributed by atoms with Crippen LogP contribution in [-0.2, 0) is 6.54 Å². The van der Waals surface area contributed by atoms with Gasteiger partial charge >= 0.3 is 0 Å². The van der Waals surface area contributed by atoms with Crippen LogP contribution in [-0.4, -0.2) is 33.7 Å². The Kier molecular flexibility index (Phi) is 3.07. The Morgan fingerprint density at radius 3 is 2.83 bits per heavy atom. The first kappa shape index (κ1) is 13.7. The molecule has 3 nitrogen and oxygen atoms in total. The molecule has 0 amide bonds. The number of benzene rings is 1. The van der Waals surface area contributed by atoms with Crippen molar-refractivity contribution in [3.05, 3.63) is 54.4 Å². The minimum Gasteiger partial charge on any atom is -0.391 e. The van der Waals surface area contributed by atoms with Gasteiger partial charge in [-0.15, -0.1) is 0 Å². The molecule has 2 aliphatic carbocycles. The lowest BCUT2D eigenvalue weighted by Crippen LogP contribution is -2.40. The van der Waals surface area contributed by atoms with Crippen molar-refractivity contribution >= 4 is 0 Å². The summed E-state index contributed by atoms with van der Waals surface area (Å²) in [6.45, 7) is 2.12. The minimum absolute atomic E-state index is 0.0970. The summed E-state index contributed by atoms with van der Waals surface area (Å²) in [5.74, 6) is 2.15. The fourth-order valence-electron chi connectivity index (χ4n) is 5.34. The number of hydrogen-bond donors (Lipinski definition) is 1. The summed E-state index contributed by atoms with van der Waals surface area (Å²) in [6.07, 6.45) is 6.13. The average Bonchev–Trinajstić information content (AvgIpc) is 3.19. The van der Waals surface area contributed by atoms with Gasteiger partial charge < -0.3 is 5.11 Å². The standard InChI is InChI=1S/C20H22N2O/c23-20-16-8-17-12-22(19(20)18(17)9-16)11-13-3-1-4-14(7-13)15-5-2-6-21-10-15/h1-7,10,16-20,23H,8-9,11-12H2. The zero-order valence-electron chi connectivity index (χ0n) is 13.2. The maximum Gasteiger partial charge on any atom is 0.0726 e. The second-order valence-corrected chi connectivity index (χ2v) is 7.51. The highest BCUT2D eigenvalue weighted by atomic mass is 16.3. The van der Waals surface area contributed by atoms with E-state index in [2.05, 4.69) is 40.2 Å². The van der Waals surface area contributed by atoms with Gasteiger partial charge in [0, 0.05) is 31.5 Å². The van der Waals surface area contributed by atoms with Crippen LogP contribution >= 0.6 is 0 Å². The molecule has 0 spiro atoms. The molecule has 23 heavy (non-hydrogen) atoms. The summed E-state index contributed by atoms with van der Waals surface area (Å²) < 4.78 is 0. The molecule has 1 aromatic heterocycles. The highest BCUT2D eigenvalue weighted by Crippen LogP contribution is 2.55. The average molecular weight is 306 g/mol. The fraction of sp³-hybridized carbons (Fsp3) is 0.450. The molecule has 2 heterocycles. The molecule has 118 valence electrons. The molecule has 3 fully saturated rings. The summed E-state index contributed by atoms with van der Waals surface area (Å²) in [4.78, 5) is 6.76. The highest BCUT2D eigenvalue weighted by molar-refractivity contribution is 5.62. The van der Waals surface area contributed by atoms with E-state index in [1.807, 2.05) is 18.5 Å². The predicted octanol–water partition coefficient (Wildman–Crippen LogP) is 2.95. The highest BCUT2D eigenvalue weighted by Gasteiger charge is 2.58. The van der Waals surface area contributed by atoms with E-state index in [0.29, 0.717) is 12.0 Å². The molecule has 2 saturated carbocycles. The van der Waals surface area contributed by atoms with Crippen molar-refractivity contribution in [3.63, 3.8) is 0 Å². The van der Waals surface area contributed by atoms with Crippen LogP contribution in [0, 0.1) is 17.8 Å². The number of aliphatic hydroxyl groups is 1. The Hall–Kier alpha value is -1.71. The van der Waals surface area contributed by atoms with Gasteiger partial charge in [-0.05, 0) is 59.4 Å². The molecule has 1 aromatic carbocycles. The lowest BCUT2D eigenvalue weighted by Gasteiger charge is -2.29. The first-order valence-electron chi connectivity index (χ1n) is 8.71. The van der Waals surface area contributed by atoms with Gasteiger partial charge in [0.1, 0.15) is 0 Å². The van der Waals surface area contributed by atoms with Gasteiger partial charge in [0.15, 0.2) is 0 Å². The molecule has 5 rings (SSSR count). The number of fused-ring (bicyclic) bond motifs is 1. The summed E-state index contributed by atoms with van der Waals surface area (Å²) in [7, 11) is 0. The Bertz CT molecular complexity index is 715. The summed E-state index contributed by atoms with van der Waals surface area (Å²) in [6, 6.07) is 13.3. The lowest BCUT2D eigenvalue weighted by molar-refractivity contribution is 0.0484. The molecule has 3 aliphatic rings. The summed E-state index contributed by atoms with van der Waals surface area (Å²) in [5, 5.41) is 10.5. The van der Waals surface area contributed by atoms with E-state index in [4.69, 9.17) is 0 Å². The topological polar surface area (TPSA) is 36.4 Å². The van der Waals surface area contributed by atoms with Crippen LogP contribution in [0.25, 0.3) is 11.1 Å². The number of aliphatic hydroxyl groups excluding tert-OH is 1. The first-order chi connectivity index (χ1) is 11.3. The summed E-state index contributed by atoms with van der Waals surface area (Å²) in [5.41, 5.74) is 3.72. The maximum atomic E-state index is 10.5. The van der Waals surface area contributed by atoms with E-state index in [9.17, 15) is 5.11 Å². The molecular formula is C20H22N2O. The van der Waals surface area contributed by atoms with Crippen LogP contribution in [0.1, 0.15) is 18.4 Å². The molecule has 2 bridgehead atoms. The normalized spacial score (nSPS) is 35.1. The number of pyridine rings is 1. The van der Waals surface area contributed by atoms with Gasteiger partial charge in [-0.25, -0.2) is 0 Å². The van der Waals surface area contributed by atoms with Gasteiger partial charge in [0.05, 0.1) is 6.10 Å². The van der Waals surface area contributed by atoms with Crippen molar-refractivity contribution in [2.24, 2.45) is 17.8 Å². The molecule has 5 unspecified atom stereocenters. The SMILES string of the molecule is OC1C2CC3CN(Cc4cccc(-c5cccnc5)c4)C1C3C2. The van der Waals surface area contributed by atoms with Gasteiger partial charge in [0.25, 0.3) is 0 Å². The zero-order valence-corrected chi connectivity index (χ0v) is 13.2. The maximum absolute atomic E-state index is 10.5. The number of likely N-dealkylation sites (tertiary alicyclic amines) is 1. The molecule has 0 radical (unpaired) electrons. The van der Waals surface area contributed by atoms with E-state index >= 15 is 0 Å². The largest absolute Gasteiger partial charge is 0.391 e. The van der Waals surface area contributed by atoms with Crippen LogP contribution in [0.5, 0.6) is 0 Å². The molecule has 1 saturated heterocycles. The molecule has 2 aromatic rings. The molecule has 5 atom stereocenters. The monoisotopic (exact) mass is 306 g/mol. The van der Waals surface area contributed by atoms with E-state index in [1.165, 1.54) is 30.5 Å². The Morgan fingerprint density at radius 1 is 1.09 bits per heavy atom. The van der Waals surface area contributed by atoms with Crippen LogP contribution < -0.4 is 0 Å². The van der Waals surface area contributed by atoms with Crippen molar-refractivity contribution in [3.8, 4) is 11.1 Å². The van der Waals surface area contributed by atoms with Crippen LogP contribution in [0.3, 0.4) is 0 Å². The Morgan fingerprint density at radius 2 is 2.00 bits per heavy atom. The first-order valence-corrected chi connectivity index (χ1v) is 8.71. The Labute approximate surface area is 137 Å². The third-order valence-corrected chi connectivity index (χ3v) is 6.26. The molecule has 1 N–H and O–H groups in total. The fourth-order valence-corrected chi connectivity index (χ4v) is 5.34. The van der Waals surface area contributed by atoms with E-state index in [1.54, 1.807) is 0 Å². The van der Waals surface area contributed by atoms with E-state index in [0.717, 1.165) is 23.9 Å². The smallest absolute Gasteiger partial charge is 0.0726 e. The molecule has 3 heteroatoms. The second kappa shape index (κ2) is 5.15. The number of hydrogen-bond acceptors (Lipinski definition) is 3. The van der Waals surface area contributed by atoms with Gasteiger partial charge in [-0.3, -0.25) is 9.88 Å². The van der Waals surface area contributed by atoms with Crippen LogP contribution in [0.2, 0.25) is 0 Å². The number of rotatable bonds is 3. The zero-order chi connectivity index (χ0) is 15.4. The summed E-state index contributed by atoms with van der Waals surface area (Å²) >= 11 is 0. The second-order valence-electron chi connectivity index (χ2n) is 7.51. The van der Waals surface area contributed by atoms with E-state index in [-0.39, 0.29) is 6.10 Å². The van der Waals surface area contributed by atoms with Crippen LogP contribution in [0.4, 0.5) is 0 Å². The van der Waals surface area contributed by atoms with Crippen molar-refractivity contribution in [2.45, 2.75) is 31.5 Å². The predicted molar refractivity (Wildman–Crippen MR) is 89.6 cm³/mol. The van der Waals surface area contributed by atoms with Crippen molar-refractivity contribution < 1.29 is 5.11 Å². The number of aromatic nitrogens is 1.